The molecule has 0 aliphatic rings. The van der Waals surface area contributed by atoms with Crippen LogP contribution in [-0.2, 0) is 19.3 Å². The Morgan fingerprint density at radius 2 is 2.00 bits per heavy atom. The Morgan fingerprint density at radius 3 is 2.57 bits per heavy atom. The maximum absolute atomic E-state index is 12.6. The minimum Gasteiger partial charge on any atom is -0.378 e. The Labute approximate surface area is 125 Å². The third-order valence-electron chi connectivity index (χ3n) is 3.04. The first kappa shape index (κ1) is 15.7. The molecule has 0 fully saturated rings. The summed E-state index contributed by atoms with van der Waals surface area (Å²) in [6, 6.07) is 5.20. The molecule has 2 rings (SSSR count). The molecule has 0 amide bonds. The van der Waals surface area contributed by atoms with Gasteiger partial charge < -0.3 is 5.32 Å². The molecular formula is C14H15ClF3N3. The minimum absolute atomic E-state index is 0.0455. The van der Waals surface area contributed by atoms with E-state index in [1.54, 1.807) is 0 Å². The van der Waals surface area contributed by atoms with Crippen LogP contribution in [0.25, 0.3) is 0 Å². The predicted octanol–water partition coefficient (Wildman–Crippen LogP) is 4.50. The van der Waals surface area contributed by atoms with Crippen molar-refractivity contribution in [1.29, 1.82) is 0 Å². The van der Waals surface area contributed by atoms with Crippen LogP contribution in [-0.4, -0.2) is 9.78 Å². The van der Waals surface area contributed by atoms with E-state index in [-0.39, 0.29) is 5.02 Å². The Hall–Kier alpha value is -1.69. The molecule has 1 N–H and O–H groups in total. The first-order chi connectivity index (χ1) is 9.81. The number of halogens is 4. The third kappa shape index (κ3) is 3.69. The Kier molecular flexibility index (Phi) is 4.46. The second-order valence-corrected chi connectivity index (χ2v) is 5.05. The molecule has 114 valence electrons. The van der Waals surface area contributed by atoms with Gasteiger partial charge in [-0.3, -0.25) is 4.68 Å². The standard InChI is InChI=1S/C14H15ClF3N3/c1-3-21-11(6-9(2)20-21)8-19-13-5-4-10(7-12(13)15)14(16,17)18/h4-7,19H,3,8H2,1-2H3. The van der Waals surface area contributed by atoms with Crippen molar-refractivity contribution in [3.05, 3.63) is 46.2 Å². The number of alkyl halides is 3. The fraction of sp³-hybridized carbons (Fsp3) is 0.357. The van der Waals surface area contributed by atoms with Gasteiger partial charge in [0.15, 0.2) is 0 Å². The van der Waals surface area contributed by atoms with Crippen LogP contribution in [0, 0.1) is 6.92 Å². The van der Waals surface area contributed by atoms with E-state index >= 15 is 0 Å². The highest BCUT2D eigenvalue weighted by Gasteiger charge is 2.30. The number of rotatable bonds is 4. The number of nitrogens with zero attached hydrogens (tertiary/aromatic N) is 2. The molecule has 1 aromatic carbocycles. The van der Waals surface area contributed by atoms with Gasteiger partial charge in [-0.2, -0.15) is 18.3 Å². The molecule has 3 nitrogen and oxygen atoms in total. The summed E-state index contributed by atoms with van der Waals surface area (Å²) < 4.78 is 39.5. The molecule has 1 heterocycles. The third-order valence-corrected chi connectivity index (χ3v) is 3.35. The molecule has 7 heteroatoms. The van der Waals surface area contributed by atoms with Crippen LogP contribution < -0.4 is 5.32 Å². The van der Waals surface area contributed by atoms with E-state index in [9.17, 15) is 13.2 Å². The summed E-state index contributed by atoms with van der Waals surface area (Å²) in [5.74, 6) is 0. The molecule has 0 aliphatic heterocycles. The predicted molar refractivity (Wildman–Crippen MR) is 76.4 cm³/mol. The number of hydrogen-bond donors (Lipinski definition) is 1. The van der Waals surface area contributed by atoms with E-state index in [2.05, 4.69) is 10.4 Å². The Bertz CT molecular complexity index is 635. The van der Waals surface area contributed by atoms with Crippen LogP contribution in [0.2, 0.25) is 5.02 Å². The molecule has 0 spiro atoms. The van der Waals surface area contributed by atoms with E-state index < -0.39 is 11.7 Å². The average Bonchev–Trinajstić information content (AvgIpc) is 2.76. The highest BCUT2D eigenvalue weighted by Crippen LogP contribution is 2.33. The zero-order chi connectivity index (χ0) is 15.6. The molecule has 0 saturated carbocycles. The van der Waals surface area contributed by atoms with Gasteiger partial charge in [0.2, 0.25) is 0 Å². The fourth-order valence-corrected chi connectivity index (χ4v) is 2.28. The number of anilines is 1. The topological polar surface area (TPSA) is 29.9 Å². The van der Waals surface area contributed by atoms with Gasteiger partial charge in [0, 0.05) is 6.54 Å². The van der Waals surface area contributed by atoms with Crippen molar-refractivity contribution >= 4 is 17.3 Å². The van der Waals surface area contributed by atoms with Crippen LogP contribution in [0.15, 0.2) is 24.3 Å². The summed E-state index contributed by atoms with van der Waals surface area (Å²) in [6.07, 6.45) is -4.39. The van der Waals surface area contributed by atoms with Gasteiger partial charge in [-0.05, 0) is 38.1 Å². The molecule has 0 radical (unpaired) electrons. The molecule has 0 atom stereocenters. The average molecular weight is 318 g/mol. The van der Waals surface area contributed by atoms with Crippen LogP contribution in [0.1, 0.15) is 23.9 Å². The van der Waals surface area contributed by atoms with Crippen molar-refractivity contribution in [2.24, 2.45) is 0 Å². The lowest BCUT2D eigenvalue weighted by atomic mass is 10.2. The zero-order valence-electron chi connectivity index (χ0n) is 11.6. The van der Waals surface area contributed by atoms with E-state index in [1.807, 2.05) is 24.6 Å². The molecule has 21 heavy (non-hydrogen) atoms. The van der Waals surface area contributed by atoms with Crippen LogP contribution in [0.5, 0.6) is 0 Å². The maximum Gasteiger partial charge on any atom is 0.416 e. The summed E-state index contributed by atoms with van der Waals surface area (Å²) in [5, 5.41) is 7.39. The van der Waals surface area contributed by atoms with Crippen molar-refractivity contribution in [2.75, 3.05) is 5.32 Å². The van der Waals surface area contributed by atoms with Gasteiger partial charge in [0.25, 0.3) is 0 Å². The molecule has 0 saturated heterocycles. The first-order valence-corrected chi connectivity index (χ1v) is 6.83. The smallest absolute Gasteiger partial charge is 0.378 e. The number of hydrogen-bond acceptors (Lipinski definition) is 2. The van der Waals surface area contributed by atoms with Crippen molar-refractivity contribution in [2.45, 2.75) is 33.1 Å². The largest absolute Gasteiger partial charge is 0.416 e. The summed E-state index contributed by atoms with van der Waals surface area (Å²) in [5.41, 5.74) is 1.55. The lowest BCUT2D eigenvalue weighted by molar-refractivity contribution is -0.137. The molecule has 0 bridgehead atoms. The quantitative estimate of drug-likeness (QED) is 0.900. The van der Waals surface area contributed by atoms with E-state index in [0.717, 1.165) is 30.1 Å². The van der Waals surface area contributed by atoms with Crippen molar-refractivity contribution in [3.63, 3.8) is 0 Å². The molecule has 2 aromatic rings. The summed E-state index contributed by atoms with van der Waals surface area (Å²) in [7, 11) is 0. The van der Waals surface area contributed by atoms with Crippen LogP contribution >= 0.6 is 11.6 Å². The summed E-state index contributed by atoms with van der Waals surface area (Å²) >= 11 is 5.90. The van der Waals surface area contributed by atoms with Gasteiger partial charge in [-0.25, -0.2) is 0 Å². The lowest BCUT2D eigenvalue weighted by Gasteiger charge is -2.12. The highest BCUT2D eigenvalue weighted by molar-refractivity contribution is 6.33. The van der Waals surface area contributed by atoms with E-state index in [0.29, 0.717) is 12.2 Å². The van der Waals surface area contributed by atoms with Crippen molar-refractivity contribution in [1.82, 2.24) is 9.78 Å². The number of aryl methyl sites for hydroxylation is 2. The summed E-state index contributed by atoms with van der Waals surface area (Å²) in [6.45, 7) is 5.03. The first-order valence-electron chi connectivity index (χ1n) is 6.45. The highest BCUT2D eigenvalue weighted by atomic mass is 35.5. The van der Waals surface area contributed by atoms with Crippen molar-refractivity contribution in [3.8, 4) is 0 Å². The van der Waals surface area contributed by atoms with Crippen molar-refractivity contribution < 1.29 is 13.2 Å². The fourth-order valence-electron chi connectivity index (χ4n) is 2.04. The van der Waals surface area contributed by atoms with Crippen LogP contribution in [0.3, 0.4) is 0 Å². The summed E-state index contributed by atoms with van der Waals surface area (Å²) in [4.78, 5) is 0. The van der Waals surface area contributed by atoms with Gasteiger partial charge in [-0.15, -0.1) is 0 Å². The maximum atomic E-state index is 12.6. The second kappa shape index (κ2) is 5.97. The number of aromatic nitrogens is 2. The SMILES string of the molecule is CCn1nc(C)cc1CNc1ccc(C(F)(F)F)cc1Cl. The van der Waals surface area contributed by atoms with Gasteiger partial charge in [0.1, 0.15) is 0 Å². The normalized spacial score (nSPS) is 11.7. The molecule has 1 aromatic heterocycles. The molecule has 0 unspecified atom stereocenters. The lowest BCUT2D eigenvalue weighted by Crippen LogP contribution is -2.09. The van der Waals surface area contributed by atoms with Gasteiger partial charge in [-0.1, -0.05) is 11.6 Å². The van der Waals surface area contributed by atoms with Gasteiger partial charge >= 0.3 is 6.18 Å². The Morgan fingerprint density at radius 1 is 1.29 bits per heavy atom. The second-order valence-electron chi connectivity index (χ2n) is 4.64. The monoisotopic (exact) mass is 317 g/mol. The van der Waals surface area contributed by atoms with Gasteiger partial charge in [0.05, 0.1) is 34.2 Å². The van der Waals surface area contributed by atoms with E-state index in [1.165, 1.54) is 6.07 Å². The van der Waals surface area contributed by atoms with E-state index in [4.69, 9.17) is 11.6 Å². The Balaban J connectivity index is 2.13. The zero-order valence-corrected chi connectivity index (χ0v) is 12.4. The molecule has 0 aliphatic carbocycles. The number of benzene rings is 1. The number of nitrogens with one attached hydrogen (secondary N) is 1. The minimum atomic E-state index is -4.39. The molecular weight excluding hydrogens is 303 g/mol. The van der Waals surface area contributed by atoms with Crippen LogP contribution in [0.4, 0.5) is 18.9 Å².